The number of methoxy groups -OCH3 is 2. The largest absolute Gasteiger partial charge is 0.497 e. The molecule has 0 saturated heterocycles. The van der Waals surface area contributed by atoms with Crippen molar-refractivity contribution >= 4 is 32.5 Å². The Morgan fingerprint density at radius 3 is 2.12 bits per heavy atom. The number of benzene rings is 3. The highest BCUT2D eigenvalue weighted by Gasteiger charge is 2.58. The van der Waals surface area contributed by atoms with Crippen molar-refractivity contribution in [2.45, 2.75) is 43.8 Å². The molecule has 1 saturated carbocycles. The molecule has 3 heterocycles. The van der Waals surface area contributed by atoms with Crippen LogP contribution in [0.3, 0.4) is 0 Å². The van der Waals surface area contributed by atoms with E-state index in [2.05, 4.69) is 15.2 Å². The fourth-order valence-electron chi connectivity index (χ4n) is 6.79. The third kappa shape index (κ3) is 6.70. The zero-order chi connectivity index (χ0) is 36.5. The summed E-state index contributed by atoms with van der Waals surface area (Å²) in [6.07, 6.45) is 2.55. The lowest BCUT2D eigenvalue weighted by Crippen LogP contribution is -2.48. The summed E-state index contributed by atoms with van der Waals surface area (Å²) in [4.78, 5) is 33.1. The van der Waals surface area contributed by atoms with Gasteiger partial charge >= 0.3 is 0 Å². The van der Waals surface area contributed by atoms with E-state index in [9.17, 15) is 18.0 Å². The number of carbonyl (C=O) groups excluding carboxylic acids is 1. The highest BCUT2D eigenvalue weighted by molar-refractivity contribution is 7.90. The van der Waals surface area contributed by atoms with E-state index >= 15 is 0 Å². The summed E-state index contributed by atoms with van der Waals surface area (Å²) in [5, 5.41) is 12.5. The monoisotopic (exact) mass is 718 g/mol. The molecule has 1 amide bonds. The molecule has 1 fully saturated rings. The van der Waals surface area contributed by atoms with Crippen LogP contribution < -0.4 is 25.2 Å². The molecule has 13 heteroatoms. The second-order valence-electron chi connectivity index (χ2n) is 13.1. The Morgan fingerprint density at radius 2 is 1.56 bits per heavy atom. The molecule has 3 aromatic carbocycles. The van der Waals surface area contributed by atoms with Gasteiger partial charge in [0.05, 0.1) is 25.4 Å². The molecule has 1 N–H and O–H groups in total. The van der Waals surface area contributed by atoms with E-state index in [4.69, 9.17) is 14.7 Å². The number of nitrogens with zero attached hydrogens (tertiary/aromatic N) is 5. The van der Waals surface area contributed by atoms with E-state index in [1.165, 1.54) is 6.20 Å². The standard InChI is InChI=1S/C39H38N6O6S/c1-50-32-12-7-27(8-13-32)24-44(25-28-9-14-33(51-2)15-10-28)52(48,49)39(16-17-39)26-43-18-19-45-36-30(4-3-5-35(36)43)20-34(38(45)47)37(46)42-23-29-6-11-31(21-40)41-22-29/h3-15,20,22H,16-19,23-26H2,1-2H3,(H,42,46). The molecule has 1 aliphatic heterocycles. The molecule has 2 aromatic heterocycles. The predicted molar refractivity (Wildman–Crippen MR) is 197 cm³/mol. The number of rotatable bonds is 13. The fourth-order valence-corrected chi connectivity index (χ4v) is 8.91. The van der Waals surface area contributed by atoms with E-state index < -0.39 is 26.2 Å². The number of nitrogens with one attached hydrogen (secondary N) is 1. The Morgan fingerprint density at radius 1 is 0.923 bits per heavy atom. The Bertz CT molecular complexity index is 2280. The third-order valence-electron chi connectivity index (χ3n) is 9.87. The summed E-state index contributed by atoms with van der Waals surface area (Å²) in [5.74, 6) is 0.878. The first-order valence-electron chi connectivity index (χ1n) is 16.9. The van der Waals surface area contributed by atoms with Crippen LogP contribution in [-0.2, 0) is 36.2 Å². The van der Waals surface area contributed by atoms with Gasteiger partial charge in [-0.15, -0.1) is 0 Å². The lowest BCUT2D eigenvalue weighted by Gasteiger charge is -2.36. The van der Waals surface area contributed by atoms with Crippen LogP contribution in [0.1, 0.15) is 45.6 Å². The first kappa shape index (κ1) is 34.7. The van der Waals surface area contributed by atoms with Crippen LogP contribution in [-0.4, -0.2) is 60.2 Å². The second kappa shape index (κ2) is 14.1. The minimum Gasteiger partial charge on any atom is -0.497 e. The molecular weight excluding hydrogens is 681 g/mol. The summed E-state index contributed by atoms with van der Waals surface area (Å²) in [7, 11) is -0.647. The first-order chi connectivity index (χ1) is 25.1. The Labute approximate surface area is 301 Å². The van der Waals surface area contributed by atoms with Crippen molar-refractivity contribution in [2.75, 3.05) is 32.2 Å². The number of hydrogen-bond donors (Lipinski definition) is 1. The van der Waals surface area contributed by atoms with Crippen molar-refractivity contribution in [3.05, 3.63) is 129 Å². The van der Waals surface area contributed by atoms with Crippen molar-refractivity contribution in [1.29, 1.82) is 5.26 Å². The summed E-state index contributed by atoms with van der Waals surface area (Å²) < 4.78 is 42.3. The van der Waals surface area contributed by atoms with Gasteiger partial charge in [-0.05, 0) is 72.0 Å². The maximum absolute atomic E-state index is 14.7. The Balaban J connectivity index is 1.15. The van der Waals surface area contributed by atoms with Crippen molar-refractivity contribution in [2.24, 2.45) is 0 Å². The molecule has 2 aliphatic rings. The summed E-state index contributed by atoms with van der Waals surface area (Å²) in [5.41, 5.74) is 3.71. The van der Waals surface area contributed by atoms with Crippen LogP contribution in [0.2, 0.25) is 0 Å². The van der Waals surface area contributed by atoms with E-state index in [-0.39, 0.29) is 37.4 Å². The molecule has 0 unspecified atom stereocenters. The number of ether oxygens (including phenoxy) is 2. The molecular formula is C39H38N6O6S. The van der Waals surface area contributed by atoms with Gasteiger partial charge < -0.3 is 24.3 Å². The smallest absolute Gasteiger partial charge is 0.264 e. The van der Waals surface area contributed by atoms with Crippen LogP contribution in [0.4, 0.5) is 5.69 Å². The van der Waals surface area contributed by atoms with Gasteiger partial charge in [0.15, 0.2) is 0 Å². The lowest BCUT2D eigenvalue weighted by atomic mass is 10.1. The van der Waals surface area contributed by atoms with Gasteiger partial charge in [-0.3, -0.25) is 9.59 Å². The fraction of sp³-hybridized carbons (Fsp3) is 0.282. The van der Waals surface area contributed by atoms with E-state index in [1.54, 1.807) is 41.3 Å². The van der Waals surface area contributed by atoms with Crippen LogP contribution in [0.5, 0.6) is 11.5 Å². The molecule has 266 valence electrons. The summed E-state index contributed by atoms with van der Waals surface area (Å²) in [6, 6.07) is 27.3. The SMILES string of the molecule is COc1ccc(CN(Cc2ccc(OC)cc2)S(=O)(=O)C2(CN3CCn4c(=O)c(C(=O)NCc5ccc(C#N)nc5)cc5cccc3c54)CC2)cc1. The predicted octanol–water partition coefficient (Wildman–Crippen LogP) is 4.60. The van der Waals surface area contributed by atoms with Crippen molar-refractivity contribution in [1.82, 2.24) is 19.2 Å². The molecule has 7 rings (SSSR count). The van der Waals surface area contributed by atoms with Gasteiger partial charge in [0, 0.05) is 50.9 Å². The van der Waals surface area contributed by atoms with Gasteiger partial charge in [-0.25, -0.2) is 13.4 Å². The van der Waals surface area contributed by atoms with Gasteiger partial charge in [0.1, 0.15) is 33.6 Å². The second-order valence-corrected chi connectivity index (χ2v) is 15.5. The quantitative estimate of drug-likeness (QED) is 0.185. The number of aromatic nitrogens is 2. The van der Waals surface area contributed by atoms with Crippen LogP contribution in [0.25, 0.3) is 10.9 Å². The highest BCUT2D eigenvalue weighted by Crippen LogP contribution is 2.48. The average Bonchev–Trinajstić information content (AvgIpc) is 3.97. The number of pyridine rings is 2. The number of para-hydroxylation sites is 1. The average molecular weight is 719 g/mol. The Hall–Kier alpha value is -5.71. The van der Waals surface area contributed by atoms with Crippen molar-refractivity contribution in [3.63, 3.8) is 0 Å². The number of hydrogen-bond acceptors (Lipinski definition) is 9. The number of carbonyl (C=O) groups is 1. The maximum Gasteiger partial charge on any atom is 0.264 e. The zero-order valence-electron chi connectivity index (χ0n) is 28.9. The van der Waals surface area contributed by atoms with Crippen LogP contribution in [0.15, 0.2) is 95.9 Å². The van der Waals surface area contributed by atoms with E-state index in [0.29, 0.717) is 53.9 Å². The molecule has 1 aliphatic carbocycles. The molecule has 5 aromatic rings. The van der Waals surface area contributed by atoms with Gasteiger partial charge in [-0.2, -0.15) is 9.57 Å². The first-order valence-corrected chi connectivity index (χ1v) is 18.4. The number of sulfonamides is 1. The van der Waals surface area contributed by atoms with Crippen LogP contribution >= 0.6 is 0 Å². The third-order valence-corrected chi connectivity index (χ3v) is 12.4. The van der Waals surface area contributed by atoms with Crippen molar-refractivity contribution in [3.8, 4) is 17.6 Å². The number of amides is 1. The molecule has 0 atom stereocenters. The minimum absolute atomic E-state index is 0.0219. The molecule has 0 spiro atoms. The highest BCUT2D eigenvalue weighted by atomic mass is 32.2. The maximum atomic E-state index is 14.7. The minimum atomic E-state index is -3.83. The number of nitriles is 1. The molecule has 52 heavy (non-hydrogen) atoms. The lowest BCUT2D eigenvalue weighted by molar-refractivity contribution is 0.0949. The zero-order valence-corrected chi connectivity index (χ0v) is 29.7. The van der Waals surface area contributed by atoms with E-state index in [0.717, 1.165) is 16.8 Å². The van der Waals surface area contributed by atoms with Crippen molar-refractivity contribution < 1.29 is 22.7 Å². The van der Waals surface area contributed by atoms with Gasteiger partial charge in [0.2, 0.25) is 10.0 Å². The van der Waals surface area contributed by atoms with Gasteiger partial charge in [-0.1, -0.05) is 42.5 Å². The summed E-state index contributed by atoms with van der Waals surface area (Å²) >= 11 is 0. The van der Waals surface area contributed by atoms with Gasteiger partial charge in [0.25, 0.3) is 11.5 Å². The number of anilines is 1. The van der Waals surface area contributed by atoms with Crippen LogP contribution in [0, 0.1) is 11.3 Å². The molecule has 0 radical (unpaired) electrons. The van der Waals surface area contributed by atoms with E-state index in [1.807, 2.05) is 72.8 Å². The topological polar surface area (TPSA) is 147 Å². The summed E-state index contributed by atoms with van der Waals surface area (Å²) in [6.45, 7) is 1.51. The Kier molecular flexibility index (Phi) is 9.44. The molecule has 0 bridgehead atoms. The normalized spacial score (nSPS) is 14.5. The molecule has 12 nitrogen and oxygen atoms in total.